The highest BCUT2D eigenvalue weighted by atomic mass is 35.5. The molecule has 1 heterocycles. The highest BCUT2D eigenvalue weighted by Crippen LogP contribution is 2.21. The van der Waals surface area contributed by atoms with E-state index in [4.69, 9.17) is 11.6 Å². The number of aromatic nitrogens is 1. The van der Waals surface area contributed by atoms with Gasteiger partial charge in [-0.15, -0.1) is 11.6 Å². The van der Waals surface area contributed by atoms with Gasteiger partial charge in [-0.2, -0.15) is 0 Å². The molecular formula is C12H19ClN2. The van der Waals surface area contributed by atoms with Gasteiger partial charge >= 0.3 is 0 Å². The van der Waals surface area contributed by atoms with E-state index in [0.29, 0.717) is 11.8 Å². The fourth-order valence-corrected chi connectivity index (χ4v) is 1.88. The van der Waals surface area contributed by atoms with Gasteiger partial charge in [0.1, 0.15) is 0 Å². The smallest absolute Gasteiger partial charge is 0.0509 e. The van der Waals surface area contributed by atoms with E-state index in [9.17, 15) is 0 Å². The molecule has 0 unspecified atom stereocenters. The Kier molecular flexibility index (Phi) is 4.89. The SMILES string of the molecule is CCN(CC(C)C)c1ccncc1CCl. The van der Waals surface area contributed by atoms with Gasteiger partial charge in [0, 0.05) is 36.7 Å². The van der Waals surface area contributed by atoms with Crippen LogP contribution in [0.3, 0.4) is 0 Å². The first-order valence-corrected chi connectivity index (χ1v) is 5.96. The summed E-state index contributed by atoms with van der Waals surface area (Å²) in [4.78, 5) is 6.45. The molecule has 0 amide bonds. The van der Waals surface area contributed by atoms with Gasteiger partial charge in [-0.3, -0.25) is 4.98 Å². The van der Waals surface area contributed by atoms with Crippen molar-refractivity contribution in [2.24, 2.45) is 5.92 Å². The Morgan fingerprint density at radius 3 is 2.73 bits per heavy atom. The maximum absolute atomic E-state index is 5.90. The first-order valence-electron chi connectivity index (χ1n) is 5.42. The molecule has 1 rings (SSSR count). The molecule has 0 saturated heterocycles. The average molecular weight is 227 g/mol. The van der Waals surface area contributed by atoms with E-state index >= 15 is 0 Å². The van der Waals surface area contributed by atoms with Crippen molar-refractivity contribution >= 4 is 17.3 Å². The second-order valence-corrected chi connectivity index (χ2v) is 4.34. The molecule has 0 fully saturated rings. The zero-order valence-corrected chi connectivity index (χ0v) is 10.5. The highest BCUT2D eigenvalue weighted by Gasteiger charge is 2.10. The molecule has 0 aliphatic carbocycles. The Balaban J connectivity index is 2.90. The second kappa shape index (κ2) is 5.96. The number of anilines is 1. The molecule has 2 nitrogen and oxygen atoms in total. The van der Waals surface area contributed by atoms with Gasteiger partial charge in [-0.25, -0.2) is 0 Å². The molecule has 15 heavy (non-hydrogen) atoms. The van der Waals surface area contributed by atoms with Crippen molar-refractivity contribution in [1.82, 2.24) is 4.98 Å². The van der Waals surface area contributed by atoms with Crippen molar-refractivity contribution in [3.63, 3.8) is 0 Å². The van der Waals surface area contributed by atoms with Crippen LogP contribution in [0.4, 0.5) is 5.69 Å². The number of hydrogen-bond acceptors (Lipinski definition) is 2. The molecule has 0 aliphatic heterocycles. The molecule has 84 valence electrons. The van der Waals surface area contributed by atoms with Gasteiger partial charge in [0.05, 0.1) is 5.88 Å². The molecule has 3 heteroatoms. The zero-order valence-electron chi connectivity index (χ0n) is 9.70. The summed E-state index contributed by atoms with van der Waals surface area (Å²) in [5.41, 5.74) is 2.33. The van der Waals surface area contributed by atoms with E-state index in [1.54, 1.807) is 0 Å². The van der Waals surface area contributed by atoms with Crippen molar-refractivity contribution in [2.75, 3.05) is 18.0 Å². The molecule has 0 aliphatic rings. The Bertz CT molecular complexity index is 299. The summed E-state index contributed by atoms with van der Waals surface area (Å²) in [7, 11) is 0. The van der Waals surface area contributed by atoms with Crippen LogP contribution in [-0.2, 0) is 5.88 Å². The normalized spacial score (nSPS) is 10.7. The summed E-state index contributed by atoms with van der Waals surface area (Å²) in [6.45, 7) is 8.69. The fourth-order valence-electron chi connectivity index (χ4n) is 1.67. The molecule has 0 atom stereocenters. The Labute approximate surface area is 97.3 Å². The standard InChI is InChI=1S/C12H19ClN2/c1-4-15(9-10(2)3)12-5-6-14-8-11(12)7-13/h5-6,8,10H,4,7,9H2,1-3H3. The number of rotatable bonds is 5. The van der Waals surface area contributed by atoms with Crippen LogP contribution in [0.5, 0.6) is 0 Å². The first kappa shape index (κ1) is 12.3. The van der Waals surface area contributed by atoms with Crippen molar-refractivity contribution in [2.45, 2.75) is 26.7 Å². The number of nitrogens with zero attached hydrogens (tertiary/aromatic N) is 2. The predicted molar refractivity (Wildman–Crippen MR) is 66.5 cm³/mol. The van der Waals surface area contributed by atoms with Crippen molar-refractivity contribution < 1.29 is 0 Å². The van der Waals surface area contributed by atoms with Crippen LogP contribution in [0.15, 0.2) is 18.5 Å². The van der Waals surface area contributed by atoms with Gasteiger partial charge in [0.2, 0.25) is 0 Å². The third-order valence-electron chi connectivity index (χ3n) is 2.33. The quantitative estimate of drug-likeness (QED) is 0.717. The maximum Gasteiger partial charge on any atom is 0.0509 e. The number of pyridine rings is 1. The van der Waals surface area contributed by atoms with E-state index in [-0.39, 0.29) is 0 Å². The maximum atomic E-state index is 5.90. The lowest BCUT2D eigenvalue weighted by Gasteiger charge is -2.26. The summed E-state index contributed by atoms with van der Waals surface area (Å²) in [6, 6.07) is 2.05. The highest BCUT2D eigenvalue weighted by molar-refractivity contribution is 6.17. The van der Waals surface area contributed by atoms with Gasteiger partial charge in [0.15, 0.2) is 0 Å². The lowest BCUT2D eigenvalue weighted by Crippen LogP contribution is -2.28. The molecular weight excluding hydrogens is 208 g/mol. The van der Waals surface area contributed by atoms with Crippen LogP contribution in [0.2, 0.25) is 0 Å². The Hall–Kier alpha value is -0.760. The molecule has 0 aromatic carbocycles. The second-order valence-electron chi connectivity index (χ2n) is 4.07. The van der Waals surface area contributed by atoms with Gasteiger partial charge in [-0.05, 0) is 18.9 Å². The first-order chi connectivity index (χ1) is 7.19. The molecule has 0 spiro atoms. The molecule has 1 aromatic heterocycles. The van der Waals surface area contributed by atoms with Crippen LogP contribution >= 0.6 is 11.6 Å². The van der Waals surface area contributed by atoms with Gasteiger partial charge in [0.25, 0.3) is 0 Å². The monoisotopic (exact) mass is 226 g/mol. The third kappa shape index (κ3) is 3.38. The minimum atomic E-state index is 0.526. The zero-order chi connectivity index (χ0) is 11.3. The number of alkyl halides is 1. The van der Waals surface area contributed by atoms with E-state index < -0.39 is 0 Å². The summed E-state index contributed by atoms with van der Waals surface area (Å²) in [5, 5.41) is 0. The summed E-state index contributed by atoms with van der Waals surface area (Å²) in [6.07, 6.45) is 3.68. The van der Waals surface area contributed by atoms with E-state index in [1.165, 1.54) is 5.69 Å². The topological polar surface area (TPSA) is 16.1 Å². The average Bonchev–Trinajstić information content (AvgIpc) is 2.25. The molecule has 1 aromatic rings. The Morgan fingerprint density at radius 1 is 1.47 bits per heavy atom. The fraction of sp³-hybridized carbons (Fsp3) is 0.583. The Morgan fingerprint density at radius 2 is 2.20 bits per heavy atom. The van der Waals surface area contributed by atoms with Gasteiger partial charge in [-0.1, -0.05) is 13.8 Å². The van der Waals surface area contributed by atoms with Crippen LogP contribution in [0.1, 0.15) is 26.3 Å². The largest absolute Gasteiger partial charge is 0.371 e. The van der Waals surface area contributed by atoms with Crippen molar-refractivity contribution in [3.05, 3.63) is 24.0 Å². The molecule has 0 bridgehead atoms. The summed E-state index contributed by atoms with van der Waals surface area (Å²) >= 11 is 5.90. The van der Waals surface area contributed by atoms with Gasteiger partial charge < -0.3 is 4.90 Å². The minimum absolute atomic E-state index is 0.526. The molecule has 0 saturated carbocycles. The van der Waals surface area contributed by atoms with Crippen molar-refractivity contribution in [3.8, 4) is 0 Å². The van der Waals surface area contributed by atoms with Crippen LogP contribution < -0.4 is 4.90 Å². The van der Waals surface area contributed by atoms with Crippen LogP contribution in [-0.4, -0.2) is 18.1 Å². The van der Waals surface area contributed by atoms with Crippen LogP contribution in [0.25, 0.3) is 0 Å². The van der Waals surface area contributed by atoms with Crippen molar-refractivity contribution in [1.29, 1.82) is 0 Å². The van der Waals surface area contributed by atoms with E-state index in [2.05, 4.69) is 30.7 Å². The summed E-state index contributed by atoms with van der Waals surface area (Å²) < 4.78 is 0. The van der Waals surface area contributed by atoms with E-state index in [1.807, 2.05) is 18.5 Å². The molecule has 0 radical (unpaired) electrons. The summed E-state index contributed by atoms with van der Waals surface area (Å²) in [5.74, 6) is 1.18. The number of halogens is 1. The third-order valence-corrected chi connectivity index (χ3v) is 2.62. The number of hydrogen-bond donors (Lipinski definition) is 0. The van der Waals surface area contributed by atoms with Crippen LogP contribution in [0, 0.1) is 5.92 Å². The minimum Gasteiger partial charge on any atom is -0.371 e. The van der Waals surface area contributed by atoms with E-state index in [0.717, 1.165) is 18.7 Å². The predicted octanol–water partition coefficient (Wildman–Crippen LogP) is 3.30. The lowest BCUT2D eigenvalue weighted by molar-refractivity contribution is 0.617. The molecule has 0 N–H and O–H groups in total. The lowest BCUT2D eigenvalue weighted by atomic mass is 10.1.